The van der Waals surface area contributed by atoms with Crippen molar-refractivity contribution in [2.24, 2.45) is 5.41 Å². The molecule has 96 valence electrons. The molecule has 1 aromatic rings. The molecule has 0 fully saturated rings. The van der Waals surface area contributed by atoms with Crippen LogP contribution in [0.4, 0.5) is 5.69 Å². The summed E-state index contributed by atoms with van der Waals surface area (Å²) in [5.74, 6) is -0.216. The second-order valence-electron chi connectivity index (χ2n) is 5.29. The summed E-state index contributed by atoms with van der Waals surface area (Å²) in [5, 5.41) is 9.16. The Labute approximate surface area is 102 Å². The molecule has 0 aliphatic carbocycles. The van der Waals surface area contributed by atoms with Crippen molar-refractivity contribution in [2.45, 2.75) is 13.8 Å². The third kappa shape index (κ3) is 4.07. The molecule has 1 rings (SSSR count). The minimum absolute atomic E-state index is 0.00788. The molecule has 1 aromatic heterocycles. The van der Waals surface area contributed by atoms with Crippen molar-refractivity contribution in [2.75, 3.05) is 32.9 Å². The standard InChI is InChI=1S/C11H21N5O/c1-11(2,7-16(3)4)6-13-10(17)9-8(12)5-14-15-9/h5H,6-7,12H2,1-4H3,(H,13,17)(H,14,15). The van der Waals surface area contributed by atoms with Crippen molar-refractivity contribution >= 4 is 11.6 Å². The number of aromatic amines is 1. The highest BCUT2D eigenvalue weighted by Gasteiger charge is 2.21. The van der Waals surface area contributed by atoms with Crippen molar-refractivity contribution in [3.8, 4) is 0 Å². The van der Waals surface area contributed by atoms with Crippen molar-refractivity contribution < 1.29 is 4.79 Å². The van der Waals surface area contributed by atoms with E-state index >= 15 is 0 Å². The summed E-state index contributed by atoms with van der Waals surface area (Å²) in [6, 6.07) is 0. The molecule has 1 heterocycles. The van der Waals surface area contributed by atoms with E-state index in [0.717, 1.165) is 6.54 Å². The maximum atomic E-state index is 11.8. The first-order chi connectivity index (χ1) is 7.82. The third-order valence-electron chi connectivity index (χ3n) is 2.37. The van der Waals surface area contributed by atoms with Crippen molar-refractivity contribution in [1.82, 2.24) is 20.4 Å². The first kappa shape index (κ1) is 13.5. The van der Waals surface area contributed by atoms with Gasteiger partial charge in [0.2, 0.25) is 0 Å². The van der Waals surface area contributed by atoms with Gasteiger partial charge in [-0.3, -0.25) is 9.89 Å². The molecule has 0 aromatic carbocycles. The maximum Gasteiger partial charge on any atom is 0.271 e. The number of nitrogens with two attached hydrogens (primary N) is 1. The van der Waals surface area contributed by atoms with Crippen LogP contribution in [0.15, 0.2) is 6.20 Å². The van der Waals surface area contributed by atoms with Gasteiger partial charge in [-0.05, 0) is 19.5 Å². The number of carbonyl (C=O) groups excluding carboxylic acids is 1. The quantitative estimate of drug-likeness (QED) is 0.690. The van der Waals surface area contributed by atoms with E-state index in [1.54, 1.807) is 0 Å². The van der Waals surface area contributed by atoms with Gasteiger partial charge in [0.25, 0.3) is 5.91 Å². The molecule has 0 spiro atoms. The molecular weight excluding hydrogens is 218 g/mol. The number of nitrogen functional groups attached to an aromatic ring is 1. The highest BCUT2D eigenvalue weighted by Crippen LogP contribution is 2.14. The molecule has 0 bridgehead atoms. The van der Waals surface area contributed by atoms with Gasteiger partial charge in [-0.2, -0.15) is 5.10 Å². The molecule has 0 aliphatic heterocycles. The van der Waals surface area contributed by atoms with Gasteiger partial charge < -0.3 is 16.0 Å². The van der Waals surface area contributed by atoms with Crippen LogP contribution in [-0.2, 0) is 0 Å². The monoisotopic (exact) mass is 239 g/mol. The van der Waals surface area contributed by atoms with E-state index in [4.69, 9.17) is 5.73 Å². The Bertz CT molecular complexity index is 383. The number of hydrogen-bond donors (Lipinski definition) is 3. The number of amides is 1. The van der Waals surface area contributed by atoms with Gasteiger partial charge in [-0.15, -0.1) is 0 Å². The fourth-order valence-corrected chi connectivity index (χ4v) is 1.80. The zero-order valence-electron chi connectivity index (χ0n) is 10.9. The molecule has 0 unspecified atom stereocenters. The summed E-state index contributed by atoms with van der Waals surface area (Å²) >= 11 is 0. The summed E-state index contributed by atoms with van der Waals surface area (Å²) in [5.41, 5.74) is 6.30. The van der Waals surface area contributed by atoms with E-state index in [1.165, 1.54) is 6.20 Å². The average Bonchev–Trinajstić information content (AvgIpc) is 2.59. The van der Waals surface area contributed by atoms with Gasteiger partial charge in [0.1, 0.15) is 5.69 Å². The minimum Gasteiger partial charge on any atom is -0.396 e. The zero-order chi connectivity index (χ0) is 13.1. The van der Waals surface area contributed by atoms with Crippen molar-refractivity contribution in [1.29, 1.82) is 0 Å². The van der Waals surface area contributed by atoms with Gasteiger partial charge in [0.15, 0.2) is 0 Å². The summed E-state index contributed by atoms with van der Waals surface area (Å²) in [4.78, 5) is 13.9. The third-order valence-corrected chi connectivity index (χ3v) is 2.37. The van der Waals surface area contributed by atoms with Crippen LogP contribution in [0.5, 0.6) is 0 Å². The molecule has 0 aliphatic rings. The minimum atomic E-state index is -0.216. The van der Waals surface area contributed by atoms with E-state index in [0.29, 0.717) is 17.9 Å². The van der Waals surface area contributed by atoms with Gasteiger partial charge in [-0.25, -0.2) is 0 Å². The Hall–Kier alpha value is -1.56. The highest BCUT2D eigenvalue weighted by molar-refractivity contribution is 5.96. The lowest BCUT2D eigenvalue weighted by Crippen LogP contribution is -2.40. The van der Waals surface area contributed by atoms with Crippen LogP contribution in [0.25, 0.3) is 0 Å². The maximum absolute atomic E-state index is 11.8. The van der Waals surface area contributed by atoms with Gasteiger partial charge in [0, 0.05) is 13.1 Å². The Balaban J connectivity index is 2.51. The molecule has 6 nitrogen and oxygen atoms in total. The van der Waals surface area contributed by atoms with E-state index in [9.17, 15) is 4.79 Å². The smallest absolute Gasteiger partial charge is 0.271 e. The lowest BCUT2D eigenvalue weighted by Gasteiger charge is -2.28. The van der Waals surface area contributed by atoms with Crippen LogP contribution in [0, 0.1) is 5.41 Å². The number of rotatable bonds is 5. The molecule has 6 heteroatoms. The summed E-state index contributed by atoms with van der Waals surface area (Å²) in [6.45, 7) is 5.68. The predicted molar refractivity (Wildman–Crippen MR) is 67.7 cm³/mol. The van der Waals surface area contributed by atoms with Gasteiger partial charge in [0.05, 0.1) is 11.9 Å². The first-order valence-corrected chi connectivity index (χ1v) is 5.53. The molecule has 0 saturated carbocycles. The van der Waals surface area contributed by atoms with Crippen LogP contribution in [0.1, 0.15) is 24.3 Å². The Morgan fingerprint density at radius 2 is 2.24 bits per heavy atom. The predicted octanol–water partition coefficient (Wildman–Crippen LogP) is 0.310. The first-order valence-electron chi connectivity index (χ1n) is 5.53. The Morgan fingerprint density at radius 1 is 1.59 bits per heavy atom. The van der Waals surface area contributed by atoms with Crippen LogP contribution in [-0.4, -0.2) is 48.2 Å². The summed E-state index contributed by atoms with van der Waals surface area (Å²) < 4.78 is 0. The summed E-state index contributed by atoms with van der Waals surface area (Å²) in [6.07, 6.45) is 1.43. The molecule has 17 heavy (non-hydrogen) atoms. The van der Waals surface area contributed by atoms with Crippen LogP contribution in [0.2, 0.25) is 0 Å². The van der Waals surface area contributed by atoms with Crippen LogP contribution < -0.4 is 11.1 Å². The number of anilines is 1. The molecule has 0 saturated heterocycles. The lowest BCUT2D eigenvalue weighted by molar-refractivity contribution is 0.0925. The molecular formula is C11H21N5O. The van der Waals surface area contributed by atoms with E-state index in [2.05, 4.69) is 34.3 Å². The van der Waals surface area contributed by atoms with Gasteiger partial charge >= 0.3 is 0 Å². The second kappa shape index (κ2) is 5.18. The second-order valence-corrected chi connectivity index (χ2v) is 5.29. The zero-order valence-corrected chi connectivity index (χ0v) is 10.9. The normalized spacial score (nSPS) is 11.8. The molecule has 1 amide bonds. The van der Waals surface area contributed by atoms with E-state index in [-0.39, 0.29) is 11.3 Å². The van der Waals surface area contributed by atoms with Crippen LogP contribution >= 0.6 is 0 Å². The van der Waals surface area contributed by atoms with Crippen LogP contribution in [0.3, 0.4) is 0 Å². The number of aromatic nitrogens is 2. The number of nitrogens with zero attached hydrogens (tertiary/aromatic N) is 2. The number of nitrogens with one attached hydrogen (secondary N) is 2. The Morgan fingerprint density at radius 3 is 2.71 bits per heavy atom. The van der Waals surface area contributed by atoms with E-state index < -0.39 is 0 Å². The number of H-pyrrole nitrogens is 1. The van der Waals surface area contributed by atoms with Gasteiger partial charge in [-0.1, -0.05) is 13.8 Å². The number of carbonyl (C=O) groups is 1. The fourth-order valence-electron chi connectivity index (χ4n) is 1.80. The number of hydrogen-bond acceptors (Lipinski definition) is 4. The molecule has 0 atom stereocenters. The summed E-state index contributed by atoms with van der Waals surface area (Å²) in [7, 11) is 4.02. The molecule has 4 N–H and O–H groups in total. The SMILES string of the molecule is CN(C)CC(C)(C)CNC(=O)c1[nH]ncc1N. The van der Waals surface area contributed by atoms with Crippen molar-refractivity contribution in [3.63, 3.8) is 0 Å². The molecule has 0 radical (unpaired) electrons. The van der Waals surface area contributed by atoms with Crippen molar-refractivity contribution in [3.05, 3.63) is 11.9 Å². The largest absolute Gasteiger partial charge is 0.396 e. The topological polar surface area (TPSA) is 87.0 Å². The average molecular weight is 239 g/mol. The lowest BCUT2D eigenvalue weighted by atomic mass is 9.93. The van der Waals surface area contributed by atoms with E-state index in [1.807, 2.05) is 14.1 Å². The highest BCUT2D eigenvalue weighted by atomic mass is 16.1. The fraction of sp³-hybridized carbons (Fsp3) is 0.636. The Kier molecular flexibility index (Phi) is 4.11.